The fourth-order valence-corrected chi connectivity index (χ4v) is 1.75. The van der Waals surface area contributed by atoms with Crippen LogP contribution in [0.2, 0.25) is 0 Å². The molecule has 5 heteroatoms. The van der Waals surface area contributed by atoms with Gasteiger partial charge in [-0.1, -0.05) is 6.07 Å². The molecule has 0 saturated heterocycles. The molecular formula is C14H19F2N3. The molecule has 19 heavy (non-hydrogen) atoms. The third-order valence-electron chi connectivity index (χ3n) is 2.93. The van der Waals surface area contributed by atoms with Crippen LogP contribution in [0.25, 0.3) is 0 Å². The largest absolute Gasteiger partial charge is 0.357 e. The maximum absolute atomic E-state index is 13.4. The van der Waals surface area contributed by atoms with Crippen molar-refractivity contribution in [2.24, 2.45) is 4.99 Å². The van der Waals surface area contributed by atoms with Gasteiger partial charge in [-0.15, -0.1) is 0 Å². The summed E-state index contributed by atoms with van der Waals surface area (Å²) in [5, 5.41) is 6.44. The van der Waals surface area contributed by atoms with Gasteiger partial charge in [-0.25, -0.2) is 8.78 Å². The lowest BCUT2D eigenvalue weighted by Crippen LogP contribution is -2.38. The number of halogens is 2. The molecule has 0 radical (unpaired) electrons. The minimum atomic E-state index is -0.548. The Morgan fingerprint density at radius 2 is 2.16 bits per heavy atom. The third-order valence-corrected chi connectivity index (χ3v) is 2.93. The monoisotopic (exact) mass is 267 g/mol. The molecule has 2 rings (SSSR count). The van der Waals surface area contributed by atoms with Gasteiger partial charge in [0.25, 0.3) is 0 Å². The molecule has 0 heterocycles. The van der Waals surface area contributed by atoms with E-state index in [9.17, 15) is 8.78 Å². The number of benzene rings is 1. The molecule has 1 aromatic rings. The van der Waals surface area contributed by atoms with Gasteiger partial charge in [-0.05, 0) is 37.8 Å². The standard InChI is InChI=1S/C14H19F2N3/c1-2-17-14(19-12-5-6-12)18-8-7-10-3-4-11(15)9-13(10)16/h3-4,9,12H,2,5-8H2,1H3,(H2,17,18,19). The Morgan fingerprint density at radius 3 is 2.79 bits per heavy atom. The van der Waals surface area contributed by atoms with Crippen molar-refractivity contribution in [2.75, 3.05) is 13.1 Å². The second kappa shape index (κ2) is 6.50. The minimum absolute atomic E-state index is 0.466. The molecule has 104 valence electrons. The van der Waals surface area contributed by atoms with Crippen LogP contribution >= 0.6 is 0 Å². The number of nitrogens with zero attached hydrogens (tertiary/aromatic N) is 1. The Hall–Kier alpha value is -1.65. The van der Waals surface area contributed by atoms with E-state index in [0.717, 1.165) is 18.6 Å². The van der Waals surface area contributed by atoms with Gasteiger partial charge in [-0.2, -0.15) is 0 Å². The summed E-state index contributed by atoms with van der Waals surface area (Å²) in [4.78, 5) is 4.39. The zero-order chi connectivity index (χ0) is 13.7. The first-order valence-electron chi connectivity index (χ1n) is 6.68. The molecule has 1 aliphatic carbocycles. The molecule has 0 unspecified atom stereocenters. The van der Waals surface area contributed by atoms with Crippen molar-refractivity contribution < 1.29 is 8.78 Å². The summed E-state index contributed by atoms with van der Waals surface area (Å²) in [6.45, 7) is 3.28. The van der Waals surface area contributed by atoms with Crippen molar-refractivity contribution >= 4 is 5.96 Å². The van der Waals surface area contributed by atoms with Gasteiger partial charge in [0.05, 0.1) is 0 Å². The first-order chi connectivity index (χ1) is 9.19. The Balaban J connectivity index is 1.88. The SMILES string of the molecule is CCNC(=NCCc1ccc(F)cc1F)NC1CC1. The number of hydrogen-bond acceptors (Lipinski definition) is 1. The zero-order valence-corrected chi connectivity index (χ0v) is 11.0. The number of guanidine groups is 1. The topological polar surface area (TPSA) is 36.4 Å². The van der Waals surface area contributed by atoms with Crippen LogP contribution in [-0.2, 0) is 6.42 Å². The highest BCUT2D eigenvalue weighted by atomic mass is 19.1. The minimum Gasteiger partial charge on any atom is -0.357 e. The zero-order valence-electron chi connectivity index (χ0n) is 11.0. The molecule has 1 fully saturated rings. The first kappa shape index (κ1) is 13.8. The van der Waals surface area contributed by atoms with E-state index in [1.807, 2.05) is 6.92 Å². The number of rotatable bonds is 5. The second-order valence-electron chi connectivity index (χ2n) is 4.67. The predicted octanol–water partition coefficient (Wildman–Crippen LogP) is 2.22. The number of hydrogen-bond donors (Lipinski definition) is 2. The third kappa shape index (κ3) is 4.50. The van der Waals surface area contributed by atoms with E-state index in [0.29, 0.717) is 24.6 Å². The van der Waals surface area contributed by atoms with Crippen molar-refractivity contribution in [3.63, 3.8) is 0 Å². The summed E-state index contributed by atoms with van der Waals surface area (Å²) in [6.07, 6.45) is 2.82. The van der Waals surface area contributed by atoms with Crippen LogP contribution in [0.5, 0.6) is 0 Å². The van der Waals surface area contributed by atoms with Crippen LogP contribution in [0.1, 0.15) is 25.3 Å². The van der Waals surface area contributed by atoms with Crippen LogP contribution < -0.4 is 10.6 Å². The van der Waals surface area contributed by atoms with Crippen LogP contribution in [-0.4, -0.2) is 25.1 Å². The van der Waals surface area contributed by atoms with E-state index in [-0.39, 0.29) is 0 Å². The summed E-state index contributed by atoms with van der Waals surface area (Å²) in [6, 6.07) is 4.18. The van der Waals surface area contributed by atoms with Gasteiger partial charge in [0.2, 0.25) is 0 Å². The summed E-state index contributed by atoms with van der Waals surface area (Å²) >= 11 is 0. The average Bonchev–Trinajstić information content (AvgIpc) is 3.16. The van der Waals surface area contributed by atoms with E-state index in [1.54, 1.807) is 0 Å². The Labute approximate surface area is 112 Å². The highest BCUT2D eigenvalue weighted by molar-refractivity contribution is 5.80. The van der Waals surface area contributed by atoms with E-state index in [2.05, 4.69) is 15.6 Å². The smallest absolute Gasteiger partial charge is 0.191 e. The number of aliphatic imine (C=N–C) groups is 1. The van der Waals surface area contributed by atoms with Crippen molar-refractivity contribution in [3.8, 4) is 0 Å². The molecule has 0 bridgehead atoms. The molecular weight excluding hydrogens is 248 g/mol. The summed E-state index contributed by atoms with van der Waals surface area (Å²) in [5.74, 6) is -0.281. The first-order valence-corrected chi connectivity index (χ1v) is 6.68. The fraction of sp³-hybridized carbons (Fsp3) is 0.500. The van der Waals surface area contributed by atoms with Gasteiger partial charge in [0.15, 0.2) is 5.96 Å². The molecule has 1 aliphatic rings. The molecule has 0 aliphatic heterocycles. The van der Waals surface area contributed by atoms with Crippen molar-refractivity contribution in [1.29, 1.82) is 0 Å². The highest BCUT2D eigenvalue weighted by Gasteiger charge is 2.21. The quantitative estimate of drug-likeness (QED) is 0.634. The van der Waals surface area contributed by atoms with Gasteiger partial charge < -0.3 is 10.6 Å². The lowest BCUT2D eigenvalue weighted by molar-refractivity contribution is 0.572. The molecule has 1 aromatic carbocycles. The maximum Gasteiger partial charge on any atom is 0.191 e. The molecule has 2 N–H and O–H groups in total. The molecule has 0 amide bonds. The lowest BCUT2D eigenvalue weighted by atomic mass is 10.1. The van der Waals surface area contributed by atoms with Crippen molar-refractivity contribution in [3.05, 3.63) is 35.4 Å². The molecule has 0 atom stereocenters. The molecule has 0 spiro atoms. The Morgan fingerprint density at radius 1 is 1.37 bits per heavy atom. The molecule has 0 aromatic heterocycles. The molecule has 3 nitrogen and oxygen atoms in total. The van der Waals surface area contributed by atoms with Crippen molar-refractivity contribution in [2.45, 2.75) is 32.2 Å². The highest BCUT2D eigenvalue weighted by Crippen LogP contribution is 2.18. The van der Waals surface area contributed by atoms with E-state index in [4.69, 9.17) is 0 Å². The maximum atomic E-state index is 13.4. The van der Waals surface area contributed by atoms with Crippen LogP contribution in [0.3, 0.4) is 0 Å². The van der Waals surface area contributed by atoms with Crippen LogP contribution in [0.4, 0.5) is 8.78 Å². The van der Waals surface area contributed by atoms with Crippen molar-refractivity contribution in [1.82, 2.24) is 10.6 Å². The van der Waals surface area contributed by atoms with Gasteiger partial charge in [0.1, 0.15) is 11.6 Å². The Bertz CT molecular complexity index is 456. The number of nitrogens with one attached hydrogen (secondary N) is 2. The fourth-order valence-electron chi connectivity index (χ4n) is 1.75. The van der Waals surface area contributed by atoms with Crippen LogP contribution in [0, 0.1) is 11.6 Å². The van der Waals surface area contributed by atoms with Gasteiger partial charge in [0, 0.05) is 25.2 Å². The summed E-state index contributed by atoms with van der Waals surface area (Å²) in [7, 11) is 0. The Kier molecular flexibility index (Phi) is 4.71. The van der Waals surface area contributed by atoms with Gasteiger partial charge >= 0.3 is 0 Å². The second-order valence-corrected chi connectivity index (χ2v) is 4.67. The van der Waals surface area contributed by atoms with Crippen LogP contribution in [0.15, 0.2) is 23.2 Å². The van der Waals surface area contributed by atoms with E-state index in [1.165, 1.54) is 25.0 Å². The average molecular weight is 267 g/mol. The summed E-state index contributed by atoms with van der Waals surface area (Å²) < 4.78 is 26.2. The normalized spacial score (nSPS) is 15.4. The summed E-state index contributed by atoms with van der Waals surface area (Å²) in [5.41, 5.74) is 0.493. The molecule has 1 saturated carbocycles. The predicted molar refractivity (Wildman–Crippen MR) is 72.2 cm³/mol. The lowest BCUT2D eigenvalue weighted by Gasteiger charge is -2.10. The van der Waals surface area contributed by atoms with E-state index < -0.39 is 11.6 Å². The van der Waals surface area contributed by atoms with E-state index >= 15 is 0 Å². The van der Waals surface area contributed by atoms with Gasteiger partial charge in [-0.3, -0.25) is 4.99 Å².